The van der Waals surface area contributed by atoms with Crippen LogP contribution in [0.15, 0.2) is 42.5 Å². The maximum Gasteiger partial charge on any atom is 0.0400 e. The van der Waals surface area contributed by atoms with E-state index in [0.29, 0.717) is 0 Å². The molecular formula is C14H17N3. The van der Waals surface area contributed by atoms with Gasteiger partial charge in [-0.15, -0.1) is 0 Å². The summed E-state index contributed by atoms with van der Waals surface area (Å²) in [4.78, 5) is 0. The van der Waals surface area contributed by atoms with Crippen LogP contribution in [0.2, 0.25) is 0 Å². The molecule has 2 aromatic rings. The molecule has 0 aliphatic rings. The summed E-state index contributed by atoms with van der Waals surface area (Å²) >= 11 is 0. The Morgan fingerprint density at radius 1 is 1.00 bits per heavy atom. The molecule has 0 amide bonds. The third kappa shape index (κ3) is 2.91. The predicted molar refractivity (Wildman–Crippen MR) is 73.8 cm³/mol. The summed E-state index contributed by atoms with van der Waals surface area (Å²) in [6, 6.07) is 13.8. The molecule has 2 aromatic carbocycles. The fourth-order valence-electron chi connectivity index (χ4n) is 1.59. The molecule has 0 atom stereocenters. The van der Waals surface area contributed by atoms with Crippen molar-refractivity contribution in [3.8, 4) is 0 Å². The Hall–Kier alpha value is -2.16. The van der Waals surface area contributed by atoms with Gasteiger partial charge in [0.2, 0.25) is 0 Å². The maximum atomic E-state index is 5.85. The van der Waals surface area contributed by atoms with Gasteiger partial charge in [-0.3, -0.25) is 0 Å². The molecule has 0 bridgehead atoms. The number of hydrogen-bond donors (Lipinski definition) is 3. The average molecular weight is 227 g/mol. The van der Waals surface area contributed by atoms with Crippen molar-refractivity contribution in [2.45, 2.75) is 13.5 Å². The molecule has 0 aliphatic heterocycles. The van der Waals surface area contributed by atoms with Crippen molar-refractivity contribution in [1.29, 1.82) is 0 Å². The monoisotopic (exact) mass is 227 g/mol. The molecule has 0 aliphatic carbocycles. The van der Waals surface area contributed by atoms with Crippen LogP contribution in [-0.4, -0.2) is 0 Å². The van der Waals surface area contributed by atoms with Crippen LogP contribution in [0.4, 0.5) is 17.1 Å². The number of anilines is 3. The second-order valence-electron chi connectivity index (χ2n) is 4.17. The number of nitrogens with two attached hydrogens (primary N) is 2. The van der Waals surface area contributed by atoms with Crippen molar-refractivity contribution in [3.05, 3.63) is 53.6 Å². The lowest BCUT2D eigenvalue weighted by molar-refractivity contribution is 1.15. The Kier molecular flexibility index (Phi) is 3.19. The molecule has 0 aromatic heterocycles. The minimum Gasteiger partial charge on any atom is -0.399 e. The van der Waals surface area contributed by atoms with Gasteiger partial charge in [0, 0.05) is 23.6 Å². The average Bonchev–Trinajstić information content (AvgIpc) is 2.33. The Bertz CT molecular complexity index is 503. The lowest BCUT2D eigenvalue weighted by Gasteiger charge is -2.08. The van der Waals surface area contributed by atoms with Crippen LogP contribution in [0, 0.1) is 6.92 Å². The van der Waals surface area contributed by atoms with E-state index in [9.17, 15) is 0 Å². The smallest absolute Gasteiger partial charge is 0.0400 e. The largest absolute Gasteiger partial charge is 0.399 e. The zero-order chi connectivity index (χ0) is 12.3. The maximum absolute atomic E-state index is 5.85. The molecule has 0 unspecified atom stereocenters. The Morgan fingerprint density at radius 2 is 1.71 bits per heavy atom. The van der Waals surface area contributed by atoms with Gasteiger partial charge in [0.15, 0.2) is 0 Å². The first-order valence-electron chi connectivity index (χ1n) is 5.59. The van der Waals surface area contributed by atoms with Crippen molar-refractivity contribution < 1.29 is 0 Å². The molecule has 17 heavy (non-hydrogen) atoms. The first kappa shape index (κ1) is 11.3. The number of nitrogen functional groups attached to an aromatic ring is 2. The molecule has 0 heterocycles. The van der Waals surface area contributed by atoms with E-state index in [4.69, 9.17) is 11.5 Å². The Morgan fingerprint density at radius 3 is 2.35 bits per heavy atom. The summed E-state index contributed by atoms with van der Waals surface area (Å²) in [5, 5.41) is 3.33. The quantitative estimate of drug-likeness (QED) is 0.706. The van der Waals surface area contributed by atoms with E-state index in [1.54, 1.807) is 0 Å². The number of nitrogens with one attached hydrogen (secondary N) is 1. The fourth-order valence-corrected chi connectivity index (χ4v) is 1.59. The van der Waals surface area contributed by atoms with Gasteiger partial charge >= 0.3 is 0 Å². The van der Waals surface area contributed by atoms with Gasteiger partial charge in [-0.2, -0.15) is 0 Å². The van der Waals surface area contributed by atoms with Crippen molar-refractivity contribution in [2.24, 2.45) is 0 Å². The second kappa shape index (κ2) is 4.78. The minimum absolute atomic E-state index is 0.767. The van der Waals surface area contributed by atoms with Gasteiger partial charge in [0.05, 0.1) is 0 Å². The lowest BCUT2D eigenvalue weighted by atomic mass is 10.1. The molecular weight excluding hydrogens is 210 g/mol. The van der Waals surface area contributed by atoms with E-state index in [1.165, 1.54) is 5.56 Å². The predicted octanol–water partition coefficient (Wildman–Crippen LogP) is 2.77. The van der Waals surface area contributed by atoms with E-state index >= 15 is 0 Å². The highest BCUT2D eigenvalue weighted by molar-refractivity contribution is 5.58. The fraction of sp³-hybridized carbons (Fsp3) is 0.143. The van der Waals surface area contributed by atoms with E-state index in [1.807, 2.05) is 49.4 Å². The number of aryl methyl sites for hydroxylation is 1. The summed E-state index contributed by atoms with van der Waals surface area (Å²) in [5.74, 6) is 0. The summed E-state index contributed by atoms with van der Waals surface area (Å²) in [5.41, 5.74) is 16.4. The zero-order valence-electron chi connectivity index (χ0n) is 9.90. The van der Waals surface area contributed by atoms with E-state index in [-0.39, 0.29) is 0 Å². The molecule has 3 heteroatoms. The third-order valence-corrected chi connectivity index (χ3v) is 2.76. The van der Waals surface area contributed by atoms with Crippen molar-refractivity contribution in [1.82, 2.24) is 0 Å². The normalized spacial score (nSPS) is 10.2. The molecule has 0 fully saturated rings. The molecule has 0 radical (unpaired) electrons. The van der Waals surface area contributed by atoms with Gasteiger partial charge in [0.1, 0.15) is 0 Å². The molecule has 88 valence electrons. The summed E-state index contributed by atoms with van der Waals surface area (Å²) in [7, 11) is 0. The molecule has 0 spiro atoms. The van der Waals surface area contributed by atoms with Gasteiger partial charge in [0.25, 0.3) is 0 Å². The molecule has 0 saturated heterocycles. The topological polar surface area (TPSA) is 64.1 Å². The third-order valence-electron chi connectivity index (χ3n) is 2.76. The highest BCUT2D eigenvalue weighted by Crippen LogP contribution is 2.17. The van der Waals surface area contributed by atoms with Crippen molar-refractivity contribution in [3.63, 3.8) is 0 Å². The second-order valence-corrected chi connectivity index (χ2v) is 4.17. The number of hydrogen-bond acceptors (Lipinski definition) is 3. The van der Waals surface area contributed by atoms with Crippen LogP contribution < -0.4 is 16.8 Å². The first-order valence-corrected chi connectivity index (χ1v) is 5.59. The first-order chi connectivity index (χ1) is 8.15. The van der Waals surface area contributed by atoms with Gasteiger partial charge < -0.3 is 16.8 Å². The van der Waals surface area contributed by atoms with Crippen LogP contribution in [0.25, 0.3) is 0 Å². The van der Waals surface area contributed by atoms with Crippen LogP contribution in [0.3, 0.4) is 0 Å². The molecule has 3 nitrogen and oxygen atoms in total. The van der Waals surface area contributed by atoms with Gasteiger partial charge in [-0.25, -0.2) is 0 Å². The highest BCUT2D eigenvalue weighted by Gasteiger charge is 1.97. The van der Waals surface area contributed by atoms with E-state index in [0.717, 1.165) is 29.2 Å². The molecule has 0 saturated carbocycles. The van der Waals surface area contributed by atoms with Crippen molar-refractivity contribution in [2.75, 3.05) is 16.8 Å². The lowest BCUT2D eigenvalue weighted by Crippen LogP contribution is -2.00. The van der Waals surface area contributed by atoms with Gasteiger partial charge in [-0.1, -0.05) is 18.2 Å². The van der Waals surface area contributed by atoms with E-state index < -0.39 is 0 Å². The van der Waals surface area contributed by atoms with Crippen molar-refractivity contribution >= 4 is 17.1 Å². The summed E-state index contributed by atoms with van der Waals surface area (Å²) in [6.07, 6.45) is 0. The Balaban J connectivity index is 2.02. The van der Waals surface area contributed by atoms with Gasteiger partial charge in [-0.05, 0) is 42.3 Å². The SMILES string of the molecule is Cc1ccc(NCc2ccc(N)cc2)cc1N. The molecule has 2 rings (SSSR count). The van der Waals surface area contributed by atoms with Crippen LogP contribution >= 0.6 is 0 Å². The summed E-state index contributed by atoms with van der Waals surface area (Å²) in [6.45, 7) is 2.77. The number of rotatable bonds is 3. The Labute approximate surface area is 101 Å². The van der Waals surface area contributed by atoms with Crippen LogP contribution in [0.5, 0.6) is 0 Å². The standard InChI is InChI=1S/C14H17N3/c1-10-2-7-13(8-14(10)16)17-9-11-3-5-12(15)6-4-11/h2-8,17H,9,15-16H2,1H3. The minimum atomic E-state index is 0.767. The molecule has 5 N–H and O–H groups in total. The summed E-state index contributed by atoms with van der Waals surface area (Å²) < 4.78 is 0. The highest BCUT2D eigenvalue weighted by atomic mass is 14.9. The van der Waals surface area contributed by atoms with E-state index in [2.05, 4.69) is 5.32 Å². The van der Waals surface area contributed by atoms with Crippen LogP contribution in [-0.2, 0) is 6.54 Å². The van der Waals surface area contributed by atoms with Crippen LogP contribution in [0.1, 0.15) is 11.1 Å². The number of benzene rings is 2. The zero-order valence-corrected chi connectivity index (χ0v) is 9.90.